The van der Waals surface area contributed by atoms with E-state index in [0.29, 0.717) is 12.2 Å². The zero-order chi connectivity index (χ0) is 31.3. The van der Waals surface area contributed by atoms with E-state index in [1.165, 1.54) is 0 Å². The van der Waals surface area contributed by atoms with Crippen molar-refractivity contribution in [3.8, 4) is 11.8 Å². The molecule has 44 heavy (non-hydrogen) atoms. The van der Waals surface area contributed by atoms with E-state index < -0.39 is 24.2 Å². The third kappa shape index (κ3) is 9.30. The second-order valence-electron chi connectivity index (χ2n) is 10.7. The fourth-order valence-corrected chi connectivity index (χ4v) is 5.21. The summed E-state index contributed by atoms with van der Waals surface area (Å²) in [6, 6.07) is 25.6. The summed E-state index contributed by atoms with van der Waals surface area (Å²) in [5.74, 6) is 5.13. The molecule has 1 fully saturated rings. The maximum absolute atomic E-state index is 13.4. The number of nitrogens with one attached hydrogen (secondary N) is 3. The summed E-state index contributed by atoms with van der Waals surface area (Å²) in [4.78, 5) is 33.7. The number of benzene rings is 3. The van der Waals surface area contributed by atoms with Gasteiger partial charge in [-0.2, -0.15) is 5.06 Å². The van der Waals surface area contributed by atoms with Gasteiger partial charge in [0, 0.05) is 43.0 Å². The Hall–Kier alpha value is -4.40. The Kier molecular flexibility index (Phi) is 12.2. The zero-order valence-corrected chi connectivity index (χ0v) is 25.1. The summed E-state index contributed by atoms with van der Waals surface area (Å²) < 4.78 is 0. The Morgan fingerprint density at radius 2 is 1.75 bits per heavy atom. The van der Waals surface area contributed by atoms with Crippen LogP contribution < -0.4 is 20.9 Å². The number of rotatable bonds is 12. The first-order valence-electron chi connectivity index (χ1n) is 14.8. The van der Waals surface area contributed by atoms with E-state index in [-0.39, 0.29) is 31.6 Å². The molecule has 4 rings (SSSR count). The van der Waals surface area contributed by atoms with E-state index in [1.807, 2.05) is 79.8 Å². The van der Waals surface area contributed by atoms with Crippen molar-refractivity contribution in [3.05, 3.63) is 96.1 Å². The summed E-state index contributed by atoms with van der Waals surface area (Å²) >= 11 is 0. The molecule has 0 saturated carbocycles. The molecule has 1 saturated heterocycles. The third-order valence-electron chi connectivity index (χ3n) is 7.41. The molecule has 1 heterocycles. The minimum absolute atomic E-state index is 0.162. The largest absolute Gasteiger partial charge is 0.394 e. The van der Waals surface area contributed by atoms with Gasteiger partial charge >= 0.3 is 6.03 Å². The minimum Gasteiger partial charge on any atom is -0.394 e. The number of hydrogen-bond donors (Lipinski definition) is 5. The van der Waals surface area contributed by atoms with Crippen LogP contribution >= 0.6 is 0 Å². The number of anilines is 2. The van der Waals surface area contributed by atoms with Gasteiger partial charge in [0.05, 0.1) is 25.8 Å². The Bertz CT molecular complexity index is 1410. The van der Waals surface area contributed by atoms with Gasteiger partial charge in [0.15, 0.2) is 0 Å². The number of hydroxylamine groups is 2. The van der Waals surface area contributed by atoms with Crippen LogP contribution in [0.25, 0.3) is 0 Å². The molecule has 232 valence electrons. The fraction of sp³-hybridized carbons (Fsp3) is 0.353. The highest BCUT2D eigenvalue weighted by molar-refractivity contribution is 5.89. The predicted octanol–water partition coefficient (Wildman–Crippen LogP) is 2.98. The number of hydrogen-bond acceptors (Lipinski definition) is 7. The molecule has 3 aromatic rings. The summed E-state index contributed by atoms with van der Waals surface area (Å²) in [5.41, 5.74) is 3.38. The lowest BCUT2D eigenvalue weighted by molar-refractivity contribution is -0.181. The van der Waals surface area contributed by atoms with Crippen LogP contribution in [0.3, 0.4) is 0 Å². The maximum atomic E-state index is 13.4. The molecule has 0 spiro atoms. The average molecular weight is 600 g/mol. The van der Waals surface area contributed by atoms with E-state index in [4.69, 9.17) is 4.84 Å². The molecule has 0 aromatic heterocycles. The first kappa shape index (κ1) is 32.5. The minimum atomic E-state index is -0.874. The zero-order valence-electron chi connectivity index (χ0n) is 25.1. The van der Waals surface area contributed by atoms with Crippen LogP contribution in [-0.2, 0) is 16.2 Å². The Balaban J connectivity index is 1.34. The van der Waals surface area contributed by atoms with Crippen molar-refractivity contribution in [2.24, 2.45) is 5.92 Å². The molecule has 0 radical (unpaired) electrons. The number of carbonyl (C=O) groups is 2. The predicted molar refractivity (Wildman–Crippen MR) is 171 cm³/mol. The lowest BCUT2D eigenvalue weighted by Crippen LogP contribution is -2.49. The first-order valence-corrected chi connectivity index (χ1v) is 14.8. The van der Waals surface area contributed by atoms with E-state index in [0.717, 1.165) is 29.8 Å². The van der Waals surface area contributed by atoms with Crippen LogP contribution in [0.5, 0.6) is 0 Å². The quantitative estimate of drug-likeness (QED) is 0.160. The van der Waals surface area contributed by atoms with Crippen LogP contribution in [0.2, 0.25) is 0 Å². The molecule has 3 aromatic carbocycles. The lowest BCUT2D eigenvalue weighted by Gasteiger charge is -2.26. The van der Waals surface area contributed by atoms with Gasteiger partial charge in [-0.3, -0.25) is 9.63 Å². The molecule has 1 aliphatic heterocycles. The van der Waals surface area contributed by atoms with Gasteiger partial charge in [0.25, 0.3) is 0 Å². The first-order chi connectivity index (χ1) is 21.4. The molecular weight excluding hydrogens is 558 g/mol. The third-order valence-corrected chi connectivity index (χ3v) is 7.41. The SMILES string of the molecule is C[C@@H](O)[C@H]1[C@@H](CO)ON(Cc2cccc(C#CCNC(=O)Nc3ccccc3)c2)[C@H]1C(=O)NCCCN(C)c1ccccc1. The van der Waals surface area contributed by atoms with Gasteiger partial charge in [0.1, 0.15) is 12.1 Å². The summed E-state index contributed by atoms with van der Waals surface area (Å²) in [7, 11) is 2.01. The van der Waals surface area contributed by atoms with E-state index in [1.54, 1.807) is 24.1 Å². The van der Waals surface area contributed by atoms with Gasteiger partial charge in [-0.05, 0) is 55.3 Å². The number of urea groups is 1. The van der Waals surface area contributed by atoms with Crippen molar-refractivity contribution in [2.75, 3.05) is 43.5 Å². The van der Waals surface area contributed by atoms with Crippen molar-refractivity contribution in [1.29, 1.82) is 0 Å². The second-order valence-corrected chi connectivity index (χ2v) is 10.7. The van der Waals surface area contributed by atoms with Crippen molar-refractivity contribution in [3.63, 3.8) is 0 Å². The molecule has 10 nitrogen and oxygen atoms in total. The van der Waals surface area contributed by atoms with Crippen molar-refractivity contribution < 1.29 is 24.6 Å². The van der Waals surface area contributed by atoms with Crippen LogP contribution in [0.15, 0.2) is 84.9 Å². The van der Waals surface area contributed by atoms with Crippen LogP contribution in [0.1, 0.15) is 24.5 Å². The number of aliphatic hydroxyl groups is 2. The molecule has 3 amide bonds. The summed E-state index contributed by atoms with van der Waals surface area (Å²) in [5, 5.41) is 30.5. The molecule has 4 atom stereocenters. The van der Waals surface area contributed by atoms with Crippen molar-refractivity contribution >= 4 is 23.3 Å². The van der Waals surface area contributed by atoms with Crippen LogP contribution in [0.4, 0.5) is 16.2 Å². The average Bonchev–Trinajstić information content (AvgIpc) is 3.41. The van der Waals surface area contributed by atoms with Gasteiger partial charge < -0.3 is 31.1 Å². The van der Waals surface area contributed by atoms with Crippen molar-refractivity contribution in [1.82, 2.24) is 15.7 Å². The molecule has 5 N–H and O–H groups in total. The van der Waals surface area contributed by atoms with E-state index >= 15 is 0 Å². The Morgan fingerprint density at radius 3 is 2.45 bits per heavy atom. The maximum Gasteiger partial charge on any atom is 0.319 e. The molecule has 0 aliphatic carbocycles. The van der Waals surface area contributed by atoms with Crippen LogP contribution in [0, 0.1) is 17.8 Å². The van der Waals surface area contributed by atoms with Gasteiger partial charge in [0.2, 0.25) is 5.91 Å². The molecule has 0 unspecified atom stereocenters. The topological polar surface area (TPSA) is 126 Å². The molecular formula is C34H41N5O5. The number of amides is 3. The number of carbonyl (C=O) groups excluding carboxylic acids is 2. The van der Waals surface area contributed by atoms with Gasteiger partial charge in [-0.1, -0.05) is 60.4 Å². The van der Waals surface area contributed by atoms with E-state index in [2.05, 4.69) is 32.7 Å². The molecule has 0 bridgehead atoms. The Morgan fingerprint density at radius 1 is 1.02 bits per heavy atom. The normalized spacial score (nSPS) is 18.5. The van der Waals surface area contributed by atoms with E-state index in [9.17, 15) is 19.8 Å². The number of aliphatic hydroxyl groups excluding tert-OH is 2. The highest BCUT2D eigenvalue weighted by Gasteiger charge is 2.49. The summed E-state index contributed by atoms with van der Waals surface area (Å²) in [6.07, 6.45) is -0.858. The number of nitrogens with zero attached hydrogens (tertiary/aromatic N) is 2. The smallest absolute Gasteiger partial charge is 0.319 e. The highest BCUT2D eigenvalue weighted by atomic mass is 16.7. The molecule has 1 aliphatic rings. The van der Waals surface area contributed by atoms with Crippen LogP contribution in [-0.4, -0.2) is 78.8 Å². The second kappa shape index (κ2) is 16.4. The molecule has 10 heteroatoms. The fourth-order valence-electron chi connectivity index (χ4n) is 5.21. The number of para-hydroxylation sites is 2. The van der Waals surface area contributed by atoms with Gasteiger partial charge in [-0.15, -0.1) is 0 Å². The highest BCUT2D eigenvalue weighted by Crippen LogP contribution is 2.32. The lowest BCUT2D eigenvalue weighted by atomic mass is 9.89. The summed E-state index contributed by atoms with van der Waals surface area (Å²) in [6.45, 7) is 2.92. The van der Waals surface area contributed by atoms with Gasteiger partial charge in [-0.25, -0.2) is 4.79 Å². The monoisotopic (exact) mass is 599 g/mol. The standard InChI is InChI=1S/C34H41N5O5/c1-25(41)31-30(24-40)44-39(32(31)33(42)35-20-11-21-38(2)29-17-7-4-8-18-29)23-27-13-9-12-26(22-27)14-10-19-36-34(43)37-28-15-5-3-6-16-28/h3-9,12-13,15-18,22,25,30-32,40-41H,11,19-21,23-24H2,1-2H3,(H,35,42)(H2,36,37,43)/t25-,30-,31+,32-/m1/s1. The Labute approximate surface area is 259 Å². The van der Waals surface area contributed by atoms with Crippen molar-refractivity contribution in [2.45, 2.75) is 38.1 Å².